The molecule has 5 nitrogen and oxygen atoms in total. The highest BCUT2D eigenvalue weighted by Gasteiger charge is 2.06. The maximum Gasteiger partial charge on any atom is 0.330 e. The van der Waals surface area contributed by atoms with Crippen molar-refractivity contribution < 1.29 is 4.79 Å². The summed E-state index contributed by atoms with van der Waals surface area (Å²) in [6.07, 6.45) is 5.21. The second kappa shape index (κ2) is 7.25. The van der Waals surface area contributed by atoms with E-state index in [0.29, 0.717) is 17.0 Å². The molecule has 0 atom stereocenters. The first-order valence-corrected chi connectivity index (χ1v) is 7.87. The summed E-state index contributed by atoms with van der Waals surface area (Å²) < 4.78 is 2.33. The molecule has 0 amide bonds. The molecule has 1 aromatic carbocycles. The van der Waals surface area contributed by atoms with Crippen molar-refractivity contribution in [2.24, 2.45) is 20.0 Å². The fraction of sp³-hybridized carbons (Fsp3) is 0.316. The molecular formula is C19H22N2O3. The lowest BCUT2D eigenvalue weighted by molar-refractivity contribution is 0.104. The predicted molar refractivity (Wildman–Crippen MR) is 95.3 cm³/mol. The molecule has 0 saturated carbocycles. The Bertz CT molecular complexity index is 884. The maximum absolute atomic E-state index is 12.2. The molecule has 1 heterocycles. The minimum Gasteiger partial charge on any atom is -0.303 e. The Morgan fingerprint density at radius 3 is 2.33 bits per heavy atom. The van der Waals surface area contributed by atoms with Crippen molar-refractivity contribution in [1.82, 2.24) is 9.13 Å². The van der Waals surface area contributed by atoms with Crippen LogP contribution in [0.25, 0.3) is 6.08 Å². The molecule has 0 aliphatic heterocycles. The Morgan fingerprint density at radius 2 is 1.75 bits per heavy atom. The Labute approximate surface area is 140 Å². The summed E-state index contributed by atoms with van der Waals surface area (Å²) in [6.45, 7) is 4.30. The number of hydrogen-bond donors (Lipinski definition) is 0. The van der Waals surface area contributed by atoms with Gasteiger partial charge in [0.15, 0.2) is 5.78 Å². The summed E-state index contributed by atoms with van der Waals surface area (Å²) >= 11 is 0. The van der Waals surface area contributed by atoms with E-state index in [1.54, 1.807) is 19.2 Å². The van der Waals surface area contributed by atoms with Gasteiger partial charge in [0.1, 0.15) is 0 Å². The Morgan fingerprint density at radius 1 is 1.12 bits per heavy atom. The summed E-state index contributed by atoms with van der Waals surface area (Å²) in [5.74, 6) is 0.384. The first-order chi connectivity index (χ1) is 11.3. The lowest BCUT2D eigenvalue weighted by Crippen LogP contribution is -2.37. The normalized spacial score (nSPS) is 11.4. The van der Waals surface area contributed by atoms with Gasteiger partial charge in [0.2, 0.25) is 0 Å². The van der Waals surface area contributed by atoms with Gasteiger partial charge in [0, 0.05) is 25.9 Å². The molecule has 0 unspecified atom stereocenters. The number of aryl methyl sites for hydroxylation is 1. The van der Waals surface area contributed by atoms with E-state index >= 15 is 0 Å². The van der Waals surface area contributed by atoms with Crippen molar-refractivity contribution in [3.8, 4) is 0 Å². The molecule has 0 radical (unpaired) electrons. The number of aromatic nitrogens is 2. The van der Waals surface area contributed by atoms with E-state index in [0.717, 1.165) is 11.0 Å². The standard InChI is InChI=1S/C19H22N2O3/c1-13(2)11-14-5-7-15(8-6-14)17(22)10-9-16-12-20(3)19(24)21(4)18(16)23/h5-10,12-13H,11H2,1-4H3/b10-9+. The van der Waals surface area contributed by atoms with E-state index in [9.17, 15) is 14.4 Å². The van der Waals surface area contributed by atoms with Crippen LogP contribution in [0.2, 0.25) is 0 Å². The topological polar surface area (TPSA) is 61.1 Å². The lowest BCUT2D eigenvalue weighted by atomic mass is 10.0. The fourth-order valence-corrected chi connectivity index (χ4v) is 2.49. The average molecular weight is 326 g/mol. The van der Waals surface area contributed by atoms with E-state index in [1.807, 2.05) is 12.1 Å². The van der Waals surface area contributed by atoms with Crippen LogP contribution in [0.5, 0.6) is 0 Å². The molecule has 2 rings (SSSR count). The van der Waals surface area contributed by atoms with Gasteiger partial charge >= 0.3 is 5.69 Å². The van der Waals surface area contributed by atoms with Gasteiger partial charge in [0.25, 0.3) is 5.56 Å². The first kappa shape index (κ1) is 17.7. The van der Waals surface area contributed by atoms with E-state index in [-0.39, 0.29) is 5.78 Å². The SMILES string of the molecule is CC(C)Cc1ccc(C(=O)/C=C/c2cn(C)c(=O)n(C)c2=O)cc1. The molecule has 0 aliphatic carbocycles. The molecule has 0 spiro atoms. The lowest BCUT2D eigenvalue weighted by Gasteiger charge is -2.05. The van der Waals surface area contributed by atoms with Crippen LogP contribution in [0.3, 0.4) is 0 Å². The highest BCUT2D eigenvalue weighted by atomic mass is 16.2. The van der Waals surface area contributed by atoms with Gasteiger partial charge in [-0.2, -0.15) is 0 Å². The van der Waals surface area contributed by atoms with Gasteiger partial charge < -0.3 is 4.57 Å². The largest absolute Gasteiger partial charge is 0.330 e. The molecule has 0 bridgehead atoms. The zero-order valence-corrected chi connectivity index (χ0v) is 14.4. The van der Waals surface area contributed by atoms with Crippen LogP contribution in [0.4, 0.5) is 0 Å². The molecule has 0 fully saturated rings. The van der Waals surface area contributed by atoms with Crippen molar-refractivity contribution in [3.63, 3.8) is 0 Å². The van der Waals surface area contributed by atoms with Gasteiger partial charge in [-0.25, -0.2) is 4.79 Å². The Balaban J connectivity index is 2.22. The number of carbonyl (C=O) groups excluding carboxylic acids is 1. The summed E-state index contributed by atoms with van der Waals surface area (Å²) in [5, 5.41) is 0. The smallest absolute Gasteiger partial charge is 0.303 e. The number of ketones is 1. The second-order valence-electron chi connectivity index (χ2n) is 6.33. The van der Waals surface area contributed by atoms with Gasteiger partial charge in [-0.05, 0) is 30.1 Å². The van der Waals surface area contributed by atoms with Crippen LogP contribution in [0.1, 0.15) is 35.3 Å². The minimum absolute atomic E-state index is 0.179. The van der Waals surface area contributed by atoms with Crippen LogP contribution < -0.4 is 11.2 Å². The third-order valence-corrected chi connectivity index (χ3v) is 3.77. The van der Waals surface area contributed by atoms with Crippen molar-refractivity contribution in [1.29, 1.82) is 0 Å². The highest BCUT2D eigenvalue weighted by Crippen LogP contribution is 2.11. The molecule has 2 aromatic rings. The number of carbonyl (C=O) groups is 1. The summed E-state index contributed by atoms with van der Waals surface area (Å²) in [7, 11) is 2.98. The van der Waals surface area contributed by atoms with Crippen LogP contribution >= 0.6 is 0 Å². The van der Waals surface area contributed by atoms with E-state index in [2.05, 4.69) is 13.8 Å². The van der Waals surface area contributed by atoms with Gasteiger partial charge in [-0.15, -0.1) is 0 Å². The van der Waals surface area contributed by atoms with Crippen LogP contribution in [-0.4, -0.2) is 14.9 Å². The zero-order chi connectivity index (χ0) is 17.9. The summed E-state index contributed by atoms with van der Waals surface area (Å²) in [6, 6.07) is 7.49. The minimum atomic E-state index is -0.422. The van der Waals surface area contributed by atoms with Crippen LogP contribution in [0, 0.1) is 5.92 Å². The summed E-state index contributed by atoms with van der Waals surface area (Å²) in [4.78, 5) is 35.9. The van der Waals surface area contributed by atoms with Gasteiger partial charge in [0.05, 0.1) is 5.56 Å². The van der Waals surface area contributed by atoms with Crippen molar-refractivity contribution in [2.75, 3.05) is 0 Å². The molecule has 24 heavy (non-hydrogen) atoms. The number of rotatable bonds is 5. The number of allylic oxidation sites excluding steroid dienone is 1. The highest BCUT2D eigenvalue weighted by molar-refractivity contribution is 6.06. The van der Waals surface area contributed by atoms with Crippen LogP contribution in [-0.2, 0) is 20.5 Å². The number of hydrogen-bond acceptors (Lipinski definition) is 3. The molecule has 0 saturated heterocycles. The third kappa shape index (κ3) is 3.98. The van der Waals surface area contributed by atoms with E-state index < -0.39 is 11.2 Å². The maximum atomic E-state index is 12.2. The van der Waals surface area contributed by atoms with E-state index in [1.165, 1.54) is 35.5 Å². The average Bonchev–Trinajstić information content (AvgIpc) is 2.55. The van der Waals surface area contributed by atoms with Crippen molar-refractivity contribution in [3.05, 3.63) is 74.1 Å². The Hall–Kier alpha value is -2.69. The molecular weight excluding hydrogens is 304 g/mol. The molecule has 0 aliphatic rings. The quantitative estimate of drug-likeness (QED) is 0.625. The van der Waals surface area contributed by atoms with Crippen molar-refractivity contribution >= 4 is 11.9 Å². The van der Waals surface area contributed by atoms with E-state index in [4.69, 9.17) is 0 Å². The Kier molecular flexibility index (Phi) is 5.34. The van der Waals surface area contributed by atoms with Crippen LogP contribution in [0.15, 0.2) is 46.1 Å². The van der Waals surface area contributed by atoms with Crippen molar-refractivity contribution in [2.45, 2.75) is 20.3 Å². The molecule has 0 N–H and O–H groups in total. The third-order valence-electron chi connectivity index (χ3n) is 3.77. The molecule has 1 aromatic heterocycles. The summed E-state index contributed by atoms with van der Waals surface area (Å²) in [5.41, 5.74) is 1.24. The molecule has 5 heteroatoms. The number of nitrogens with zero attached hydrogens (tertiary/aromatic N) is 2. The monoisotopic (exact) mass is 326 g/mol. The molecule has 126 valence electrons. The number of benzene rings is 1. The van der Waals surface area contributed by atoms with Gasteiger partial charge in [-0.3, -0.25) is 14.2 Å². The predicted octanol–water partition coefficient (Wildman–Crippen LogP) is 2.18. The zero-order valence-electron chi connectivity index (χ0n) is 14.4. The fourth-order valence-electron chi connectivity index (χ4n) is 2.49. The first-order valence-electron chi connectivity index (χ1n) is 7.87. The van der Waals surface area contributed by atoms with Gasteiger partial charge in [-0.1, -0.05) is 38.1 Å². The second-order valence-corrected chi connectivity index (χ2v) is 6.33.